The minimum atomic E-state index is -0.535. The van der Waals surface area contributed by atoms with E-state index in [2.05, 4.69) is 17.6 Å². The number of carbonyl (C=O) groups excluding carboxylic acids is 1. The van der Waals surface area contributed by atoms with Crippen LogP contribution in [0.2, 0.25) is 0 Å². The van der Waals surface area contributed by atoms with Crippen LogP contribution in [-0.2, 0) is 0 Å². The Morgan fingerprint density at radius 1 is 1.47 bits per heavy atom. The minimum absolute atomic E-state index is 0.513. The first-order valence-electron chi connectivity index (χ1n) is 5.68. The van der Waals surface area contributed by atoms with E-state index in [-0.39, 0.29) is 0 Å². The van der Waals surface area contributed by atoms with Crippen LogP contribution < -0.4 is 16.4 Å². The van der Waals surface area contributed by atoms with Crippen molar-refractivity contribution >= 4 is 29.2 Å². The third-order valence-electron chi connectivity index (χ3n) is 2.70. The molecule has 0 aromatic heterocycles. The average molecular weight is 251 g/mol. The highest BCUT2D eigenvalue weighted by atomic mass is 32.2. The van der Waals surface area contributed by atoms with E-state index < -0.39 is 6.03 Å². The zero-order valence-corrected chi connectivity index (χ0v) is 10.6. The second-order valence-corrected chi connectivity index (χ2v) is 5.76. The summed E-state index contributed by atoms with van der Waals surface area (Å²) in [5, 5.41) is 6.77. The molecular weight excluding hydrogens is 234 g/mol. The number of nitrogens with two attached hydrogens (primary N) is 1. The number of nitrogens with one attached hydrogen (secondary N) is 2. The Kier molecular flexibility index (Phi) is 3.78. The molecule has 5 heteroatoms. The van der Waals surface area contributed by atoms with Crippen LogP contribution in [0.5, 0.6) is 0 Å². The Labute approximate surface area is 105 Å². The Bertz CT molecular complexity index is 410. The van der Waals surface area contributed by atoms with Gasteiger partial charge in [-0.2, -0.15) is 11.8 Å². The molecule has 1 aromatic rings. The van der Waals surface area contributed by atoms with Crippen LogP contribution in [0.25, 0.3) is 0 Å². The van der Waals surface area contributed by atoms with Gasteiger partial charge in [-0.1, -0.05) is 13.0 Å². The molecule has 0 aliphatic carbocycles. The number of thioether (sulfide) groups is 1. The molecule has 1 saturated heterocycles. The van der Waals surface area contributed by atoms with Crippen molar-refractivity contribution in [3.05, 3.63) is 24.3 Å². The van der Waals surface area contributed by atoms with Crippen LogP contribution >= 0.6 is 11.8 Å². The van der Waals surface area contributed by atoms with E-state index in [1.807, 2.05) is 36.0 Å². The summed E-state index contributed by atoms with van der Waals surface area (Å²) in [4.78, 5) is 10.8. The van der Waals surface area contributed by atoms with E-state index in [1.54, 1.807) is 0 Å². The van der Waals surface area contributed by atoms with Crippen molar-refractivity contribution in [2.45, 2.75) is 24.6 Å². The van der Waals surface area contributed by atoms with E-state index in [4.69, 9.17) is 5.73 Å². The van der Waals surface area contributed by atoms with E-state index in [0.29, 0.717) is 6.04 Å². The number of carbonyl (C=O) groups is 1. The van der Waals surface area contributed by atoms with Gasteiger partial charge in [0.2, 0.25) is 0 Å². The van der Waals surface area contributed by atoms with E-state index in [1.165, 1.54) is 6.42 Å². The number of benzene rings is 1. The van der Waals surface area contributed by atoms with Gasteiger partial charge in [0.15, 0.2) is 0 Å². The molecule has 1 aromatic carbocycles. The smallest absolute Gasteiger partial charge is 0.316 e. The second kappa shape index (κ2) is 5.31. The zero-order valence-electron chi connectivity index (χ0n) is 9.77. The molecule has 1 aliphatic rings. The van der Waals surface area contributed by atoms with Gasteiger partial charge >= 0.3 is 6.03 Å². The summed E-state index contributed by atoms with van der Waals surface area (Å²) >= 11 is 1.99. The van der Waals surface area contributed by atoms with Gasteiger partial charge in [0, 0.05) is 28.4 Å². The van der Waals surface area contributed by atoms with Gasteiger partial charge in [0.25, 0.3) is 0 Å². The van der Waals surface area contributed by atoms with Gasteiger partial charge in [-0.3, -0.25) is 0 Å². The molecule has 4 nitrogen and oxygen atoms in total. The highest BCUT2D eigenvalue weighted by molar-refractivity contribution is 8.00. The van der Waals surface area contributed by atoms with E-state index in [0.717, 1.165) is 22.4 Å². The summed E-state index contributed by atoms with van der Waals surface area (Å²) in [5.41, 5.74) is 6.83. The fourth-order valence-electron chi connectivity index (χ4n) is 1.98. The molecule has 2 atom stereocenters. The third kappa shape index (κ3) is 3.56. The van der Waals surface area contributed by atoms with Crippen LogP contribution in [0, 0.1) is 0 Å². The van der Waals surface area contributed by atoms with E-state index >= 15 is 0 Å². The standard InChI is InChI=1S/C12H17N3OS/c1-8-5-11(7-17-8)14-9-3-2-4-10(6-9)15-12(13)16/h2-4,6,8,11,14H,5,7H2,1H3,(H3,13,15,16). The highest BCUT2D eigenvalue weighted by Crippen LogP contribution is 2.28. The van der Waals surface area contributed by atoms with Crippen LogP contribution in [0.3, 0.4) is 0 Å². The van der Waals surface area contributed by atoms with Crippen LogP contribution in [0.4, 0.5) is 16.2 Å². The molecule has 92 valence electrons. The van der Waals surface area contributed by atoms with Crippen molar-refractivity contribution in [2.75, 3.05) is 16.4 Å². The van der Waals surface area contributed by atoms with Gasteiger partial charge in [-0.25, -0.2) is 4.79 Å². The molecule has 0 saturated carbocycles. The van der Waals surface area contributed by atoms with Crippen molar-refractivity contribution in [1.29, 1.82) is 0 Å². The lowest BCUT2D eigenvalue weighted by molar-refractivity contribution is 0.259. The van der Waals surface area contributed by atoms with Crippen molar-refractivity contribution in [2.24, 2.45) is 5.73 Å². The Hall–Kier alpha value is -1.36. The molecule has 2 unspecified atom stereocenters. The molecule has 2 rings (SSSR count). The van der Waals surface area contributed by atoms with Crippen molar-refractivity contribution in [3.63, 3.8) is 0 Å². The topological polar surface area (TPSA) is 67.2 Å². The zero-order chi connectivity index (χ0) is 12.3. The first-order valence-corrected chi connectivity index (χ1v) is 6.73. The average Bonchev–Trinajstić information content (AvgIpc) is 2.63. The van der Waals surface area contributed by atoms with Crippen LogP contribution in [0.15, 0.2) is 24.3 Å². The number of primary amides is 1. The normalized spacial score (nSPS) is 23.4. The molecule has 1 fully saturated rings. The second-order valence-electron chi connectivity index (χ2n) is 4.29. The van der Waals surface area contributed by atoms with Gasteiger partial charge in [0.1, 0.15) is 0 Å². The SMILES string of the molecule is CC1CC(Nc2cccc(NC(N)=O)c2)CS1. The Morgan fingerprint density at radius 3 is 2.88 bits per heavy atom. The summed E-state index contributed by atoms with van der Waals surface area (Å²) in [6, 6.07) is 7.60. The first-order chi connectivity index (χ1) is 8.13. The lowest BCUT2D eigenvalue weighted by atomic mass is 10.2. The molecule has 0 spiro atoms. The molecule has 0 bridgehead atoms. The maximum Gasteiger partial charge on any atom is 0.316 e. The maximum atomic E-state index is 10.8. The number of anilines is 2. The molecule has 1 heterocycles. The number of hydrogen-bond acceptors (Lipinski definition) is 3. The largest absolute Gasteiger partial charge is 0.381 e. The maximum absolute atomic E-state index is 10.8. The third-order valence-corrected chi connectivity index (χ3v) is 4.06. The molecule has 2 amide bonds. The molecular formula is C12H17N3OS. The molecule has 1 aliphatic heterocycles. The minimum Gasteiger partial charge on any atom is -0.381 e. The molecule has 4 N–H and O–H groups in total. The molecule has 0 radical (unpaired) electrons. The van der Waals surface area contributed by atoms with Gasteiger partial charge in [0.05, 0.1) is 0 Å². The fraction of sp³-hybridized carbons (Fsp3) is 0.417. The number of urea groups is 1. The number of rotatable bonds is 3. The van der Waals surface area contributed by atoms with Gasteiger partial charge < -0.3 is 16.4 Å². The van der Waals surface area contributed by atoms with E-state index in [9.17, 15) is 4.79 Å². The van der Waals surface area contributed by atoms with Crippen LogP contribution in [-0.4, -0.2) is 23.1 Å². The summed E-state index contributed by atoms with van der Waals surface area (Å²) in [7, 11) is 0. The Morgan fingerprint density at radius 2 is 2.24 bits per heavy atom. The summed E-state index contributed by atoms with van der Waals surface area (Å²) < 4.78 is 0. The molecule has 17 heavy (non-hydrogen) atoms. The predicted octanol–water partition coefficient (Wildman–Crippen LogP) is 2.48. The number of amides is 2. The monoisotopic (exact) mass is 251 g/mol. The fourth-order valence-corrected chi connectivity index (χ4v) is 3.13. The first kappa shape index (κ1) is 12.1. The predicted molar refractivity (Wildman–Crippen MR) is 73.6 cm³/mol. The van der Waals surface area contributed by atoms with Crippen molar-refractivity contribution < 1.29 is 4.79 Å². The summed E-state index contributed by atoms with van der Waals surface area (Å²) in [5.74, 6) is 1.13. The number of hydrogen-bond donors (Lipinski definition) is 3. The van der Waals surface area contributed by atoms with Gasteiger partial charge in [-0.15, -0.1) is 0 Å². The Balaban J connectivity index is 1.98. The van der Waals surface area contributed by atoms with Gasteiger partial charge in [-0.05, 0) is 24.6 Å². The van der Waals surface area contributed by atoms with Crippen molar-refractivity contribution in [3.8, 4) is 0 Å². The highest BCUT2D eigenvalue weighted by Gasteiger charge is 2.21. The summed E-state index contributed by atoms with van der Waals surface area (Å²) in [6.07, 6.45) is 1.18. The lowest BCUT2D eigenvalue weighted by Crippen LogP contribution is -2.20. The van der Waals surface area contributed by atoms with Crippen molar-refractivity contribution in [1.82, 2.24) is 0 Å². The quantitative estimate of drug-likeness (QED) is 0.773. The van der Waals surface area contributed by atoms with Crippen LogP contribution in [0.1, 0.15) is 13.3 Å². The lowest BCUT2D eigenvalue weighted by Gasteiger charge is -2.14. The summed E-state index contributed by atoms with van der Waals surface area (Å²) in [6.45, 7) is 2.25.